The van der Waals surface area contributed by atoms with Crippen LogP contribution in [-0.2, 0) is 20.8 Å². The van der Waals surface area contributed by atoms with Crippen molar-refractivity contribution in [2.45, 2.75) is 88.2 Å². The third kappa shape index (κ3) is 4.69. The number of hydrogen-bond acceptors (Lipinski definition) is 6. The highest BCUT2D eigenvalue weighted by atomic mass is 16.2. The predicted octanol–water partition coefficient (Wildman–Crippen LogP) is 0.650. The molecule has 2 heterocycles. The Labute approximate surface area is 201 Å². The summed E-state index contributed by atoms with van der Waals surface area (Å²) in [7, 11) is 1.60. The Morgan fingerprint density at radius 2 is 1.94 bits per heavy atom. The molecule has 0 spiro atoms. The number of hydrogen-bond donors (Lipinski definition) is 5. The van der Waals surface area contributed by atoms with Gasteiger partial charge in [-0.1, -0.05) is 31.2 Å². The monoisotopic (exact) mass is 470 g/mol. The molecule has 186 valence electrons. The van der Waals surface area contributed by atoms with Crippen LogP contribution in [0.2, 0.25) is 0 Å². The topological polar surface area (TPSA) is 129 Å². The van der Waals surface area contributed by atoms with Crippen molar-refractivity contribution >= 4 is 17.7 Å². The number of carbonyl (C=O) groups is 3. The van der Waals surface area contributed by atoms with E-state index in [1.165, 1.54) is 11.1 Å². The summed E-state index contributed by atoms with van der Waals surface area (Å²) in [5.74, 6) is -0.757. The van der Waals surface area contributed by atoms with E-state index >= 15 is 0 Å². The Morgan fingerprint density at radius 1 is 1.18 bits per heavy atom. The van der Waals surface area contributed by atoms with Crippen LogP contribution in [0, 0.1) is 0 Å². The zero-order chi connectivity index (χ0) is 24.3. The Morgan fingerprint density at radius 3 is 2.71 bits per heavy atom. The largest absolute Gasteiger partial charge is 0.347 e. The summed E-state index contributed by atoms with van der Waals surface area (Å²) in [5, 5.41) is 12.3. The number of nitrogens with zero attached hydrogens (tertiary/aromatic N) is 1. The molecule has 2 aliphatic heterocycles. The van der Waals surface area contributed by atoms with Gasteiger partial charge in [-0.15, -0.1) is 0 Å². The molecule has 0 radical (unpaired) electrons. The maximum absolute atomic E-state index is 13.8. The first-order valence-electron chi connectivity index (χ1n) is 12.6. The Bertz CT molecular complexity index is 924. The van der Waals surface area contributed by atoms with Gasteiger partial charge in [-0.05, 0) is 76.1 Å². The van der Waals surface area contributed by atoms with Gasteiger partial charge in [0.1, 0.15) is 18.2 Å². The highest BCUT2D eigenvalue weighted by Crippen LogP contribution is 2.38. The highest BCUT2D eigenvalue weighted by Gasteiger charge is 2.52. The van der Waals surface area contributed by atoms with Crippen molar-refractivity contribution in [2.75, 3.05) is 13.6 Å². The second-order valence-electron chi connectivity index (χ2n) is 9.70. The van der Waals surface area contributed by atoms with E-state index in [9.17, 15) is 14.4 Å². The van der Waals surface area contributed by atoms with Crippen LogP contribution < -0.4 is 27.0 Å². The third-order valence-corrected chi connectivity index (χ3v) is 7.75. The summed E-state index contributed by atoms with van der Waals surface area (Å²) < 4.78 is 0. The van der Waals surface area contributed by atoms with Crippen molar-refractivity contribution in [1.29, 1.82) is 0 Å². The van der Waals surface area contributed by atoms with Gasteiger partial charge in [0, 0.05) is 0 Å². The normalized spacial score (nSPS) is 29.9. The zero-order valence-electron chi connectivity index (χ0n) is 20.2. The highest BCUT2D eigenvalue weighted by molar-refractivity contribution is 5.94. The smallest absolute Gasteiger partial charge is 0.252 e. The number of likely N-dealkylation sites (N-methyl/N-ethyl adjacent to an activating group) is 1. The lowest BCUT2D eigenvalue weighted by Gasteiger charge is -2.44. The Hall–Kier alpha value is -2.49. The number of nitrogens with two attached hydrogens (primary N) is 1. The van der Waals surface area contributed by atoms with Crippen molar-refractivity contribution in [3.63, 3.8) is 0 Å². The summed E-state index contributed by atoms with van der Waals surface area (Å²) in [6.45, 7) is 2.75. The molecule has 9 nitrogen and oxygen atoms in total. The number of amides is 3. The first-order chi connectivity index (χ1) is 16.4. The molecule has 2 saturated heterocycles. The fourth-order valence-electron chi connectivity index (χ4n) is 5.80. The molecule has 6 N–H and O–H groups in total. The minimum absolute atomic E-state index is 0.0454. The van der Waals surface area contributed by atoms with Crippen LogP contribution in [-0.4, -0.2) is 60.1 Å². The van der Waals surface area contributed by atoms with Crippen molar-refractivity contribution in [2.24, 2.45) is 5.73 Å². The first-order valence-corrected chi connectivity index (χ1v) is 12.6. The zero-order valence-corrected chi connectivity index (χ0v) is 20.2. The lowest BCUT2D eigenvalue weighted by atomic mass is 9.87. The molecule has 0 aromatic heterocycles. The molecule has 3 aliphatic rings. The van der Waals surface area contributed by atoms with Gasteiger partial charge in [-0.2, -0.15) is 0 Å². The van der Waals surface area contributed by atoms with E-state index in [1.807, 2.05) is 19.1 Å². The van der Waals surface area contributed by atoms with Crippen LogP contribution in [0.15, 0.2) is 24.3 Å². The second kappa shape index (κ2) is 10.4. The summed E-state index contributed by atoms with van der Waals surface area (Å²) in [4.78, 5) is 41.6. The van der Waals surface area contributed by atoms with Crippen LogP contribution in [0.3, 0.4) is 0 Å². The third-order valence-electron chi connectivity index (χ3n) is 7.75. The molecular formula is C25H38N6O3. The van der Waals surface area contributed by atoms with Gasteiger partial charge in [0.15, 0.2) is 0 Å². The second-order valence-corrected chi connectivity index (χ2v) is 9.70. The van der Waals surface area contributed by atoms with Gasteiger partial charge >= 0.3 is 0 Å². The van der Waals surface area contributed by atoms with E-state index in [-0.39, 0.29) is 17.9 Å². The number of nitrogens with one attached hydrogen (secondary N) is 4. The molecule has 2 unspecified atom stereocenters. The van der Waals surface area contributed by atoms with E-state index in [1.54, 1.807) is 11.9 Å². The molecule has 1 aromatic rings. The minimum Gasteiger partial charge on any atom is -0.347 e. The molecule has 1 aliphatic carbocycles. The first kappa shape index (κ1) is 24.6. The molecule has 0 bridgehead atoms. The average Bonchev–Trinajstić information content (AvgIpc) is 3.23. The van der Waals surface area contributed by atoms with Gasteiger partial charge in [0.05, 0.1) is 11.7 Å². The molecular weight excluding hydrogens is 432 g/mol. The number of aryl methyl sites for hydroxylation is 1. The van der Waals surface area contributed by atoms with Crippen LogP contribution >= 0.6 is 0 Å². The fraction of sp³-hybridized carbons (Fsp3) is 0.640. The van der Waals surface area contributed by atoms with Gasteiger partial charge < -0.3 is 21.3 Å². The lowest BCUT2D eigenvalue weighted by Crippen LogP contribution is -2.67. The average molecular weight is 471 g/mol. The SMILES string of the molecule is CCC12CCC(C(=O)N[C@@H]3CCCc4ccccc43)N1C(=O)[C@@H](NC(=O)[C@H](N)NC)CCCN2. The van der Waals surface area contributed by atoms with E-state index in [0.29, 0.717) is 32.2 Å². The van der Waals surface area contributed by atoms with Crippen molar-refractivity contribution in [3.8, 4) is 0 Å². The maximum atomic E-state index is 13.8. The quantitative estimate of drug-likeness (QED) is 0.389. The number of rotatable bonds is 6. The molecule has 9 heteroatoms. The number of benzene rings is 1. The molecule has 5 atom stereocenters. The predicted molar refractivity (Wildman–Crippen MR) is 129 cm³/mol. The van der Waals surface area contributed by atoms with Crippen LogP contribution in [0.1, 0.15) is 69.0 Å². The van der Waals surface area contributed by atoms with Crippen molar-refractivity contribution in [3.05, 3.63) is 35.4 Å². The summed E-state index contributed by atoms with van der Waals surface area (Å²) in [6.07, 6.45) is 5.26. The molecule has 34 heavy (non-hydrogen) atoms. The molecule has 3 amide bonds. The Kier molecular flexibility index (Phi) is 7.54. The standard InChI is InChI=1S/C25H38N6O3/c1-3-25-14-13-20(22(32)29-18-11-6-9-16-8-4-5-10-17(16)18)31(25)24(34)19(12-7-15-28-25)30-23(33)21(26)27-2/h4-5,8,10,18-21,27-28H,3,6-7,9,11-15,26H2,1-2H3,(H,29,32)(H,30,33)/t18-,19+,20?,21-,25?/m1/s1. The van der Waals surface area contributed by atoms with E-state index in [4.69, 9.17) is 5.73 Å². The van der Waals surface area contributed by atoms with Crippen molar-refractivity contribution < 1.29 is 14.4 Å². The van der Waals surface area contributed by atoms with E-state index < -0.39 is 29.8 Å². The number of carbonyl (C=O) groups excluding carboxylic acids is 3. The lowest BCUT2D eigenvalue weighted by molar-refractivity contribution is -0.149. The van der Waals surface area contributed by atoms with Crippen LogP contribution in [0.25, 0.3) is 0 Å². The Balaban J connectivity index is 1.56. The molecule has 2 fully saturated rings. The van der Waals surface area contributed by atoms with Gasteiger partial charge in [-0.3, -0.25) is 25.0 Å². The van der Waals surface area contributed by atoms with Gasteiger partial charge in [0.25, 0.3) is 5.91 Å². The number of fused-ring (bicyclic) bond motifs is 2. The van der Waals surface area contributed by atoms with Gasteiger partial charge in [0.2, 0.25) is 11.8 Å². The molecule has 4 rings (SSSR count). The molecule has 0 saturated carbocycles. The minimum atomic E-state index is -0.892. The summed E-state index contributed by atoms with van der Waals surface area (Å²) in [6, 6.07) is 6.93. The van der Waals surface area contributed by atoms with E-state index in [0.717, 1.165) is 25.7 Å². The fourth-order valence-corrected chi connectivity index (χ4v) is 5.80. The summed E-state index contributed by atoms with van der Waals surface area (Å²) in [5.41, 5.74) is 7.67. The molecule has 1 aromatic carbocycles. The van der Waals surface area contributed by atoms with Crippen LogP contribution in [0.4, 0.5) is 0 Å². The van der Waals surface area contributed by atoms with Gasteiger partial charge in [-0.25, -0.2) is 0 Å². The summed E-state index contributed by atoms with van der Waals surface area (Å²) >= 11 is 0. The van der Waals surface area contributed by atoms with Crippen LogP contribution in [0.5, 0.6) is 0 Å². The van der Waals surface area contributed by atoms with Crippen molar-refractivity contribution in [1.82, 2.24) is 26.2 Å². The van der Waals surface area contributed by atoms with E-state index in [2.05, 4.69) is 33.4 Å². The maximum Gasteiger partial charge on any atom is 0.252 e.